The number of nitrogens with one attached hydrogen (secondary N) is 1. The standard InChI is InChI=1S/C26H26N4O2S/c1-17-9-8-10-18(2)23(17)27-25(31)19(3)33-26-29-28-24(20-11-6-5-7-12-20)30(26)21-13-15-22(32-4)16-14-21/h5-16,19H,1-4H3,(H,27,31)/t19-/m1/s1. The van der Waals surface area contributed by atoms with Crippen LogP contribution in [-0.4, -0.2) is 33.0 Å². The van der Waals surface area contributed by atoms with Gasteiger partial charge in [-0.2, -0.15) is 0 Å². The fourth-order valence-electron chi connectivity index (χ4n) is 3.53. The zero-order chi connectivity index (χ0) is 23.4. The summed E-state index contributed by atoms with van der Waals surface area (Å²) in [7, 11) is 1.64. The highest BCUT2D eigenvalue weighted by atomic mass is 32.2. The molecule has 1 aromatic heterocycles. The summed E-state index contributed by atoms with van der Waals surface area (Å²) in [4.78, 5) is 13.0. The first kappa shape index (κ1) is 22.6. The molecule has 1 amide bonds. The van der Waals surface area contributed by atoms with Crippen molar-refractivity contribution in [2.24, 2.45) is 0 Å². The molecule has 4 rings (SSSR count). The van der Waals surface area contributed by atoms with E-state index in [0.29, 0.717) is 11.0 Å². The summed E-state index contributed by atoms with van der Waals surface area (Å²) < 4.78 is 7.28. The minimum atomic E-state index is -0.381. The van der Waals surface area contributed by atoms with Gasteiger partial charge in [0.1, 0.15) is 5.75 Å². The number of thioether (sulfide) groups is 1. The number of nitrogens with zero attached hydrogens (tertiary/aromatic N) is 3. The third-order valence-electron chi connectivity index (χ3n) is 5.38. The number of hydrogen-bond donors (Lipinski definition) is 1. The van der Waals surface area contributed by atoms with Gasteiger partial charge in [0.2, 0.25) is 5.91 Å². The van der Waals surface area contributed by atoms with E-state index in [1.807, 2.05) is 98.1 Å². The monoisotopic (exact) mass is 458 g/mol. The number of anilines is 1. The third kappa shape index (κ3) is 4.93. The first-order valence-electron chi connectivity index (χ1n) is 10.7. The van der Waals surface area contributed by atoms with Gasteiger partial charge in [-0.3, -0.25) is 9.36 Å². The van der Waals surface area contributed by atoms with Crippen molar-refractivity contribution < 1.29 is 9.53 Å². The maximum Gasteiger partial charge on any atom is 0.237 e. The summed E-state index contributed by atoms with van der Waals surface area (Å²) >= 11 is 1.38. The zero-order valence-electron chi connectivity index (χ0n) is 19.1. The summed E-state index contributed by atoms with van der Waals surface area (Å²) in [6.45, 7) is 5.86. The predicted octanol–water partition coefficient (Wildman–Crippen LogP) is 5.68. The van der Waals surface area contributed by atoms with Crippen molar-refractivity contribution in [2.75, 3.05) is 12.4 Å². The Morgan fingerprint density at radius 3 is 2.24 bits per heavy atom. The highest BCUT2D eigenvalue weighted by molar-refractivity contribution is 8.00. The van der Waals surface area contributed by atoms with Gasteiger partial charge in [-0.1, -0.05) is 60.3 Å². The Hall–Kier alpha value is -3.58. The number of carbonyl (C=O) groups excluding carboxylic acids is 1. The molecule has 168 valence electrons. The summed E-state index contributed by atoms with van der Waals surface area (Å²) in [5.74, 6) is 1.40. The predicted molar refractivity (Wildman–Crippen MR) is 133 cm³/mol. The Morgan fingerprint density at radius 2 is 1.61 bits per heavy atom. The normalized spacial score (nSPS) is 11.8. The second kappa shape index (κ2) is 9.92. The number of hydrogen-bond acceptors (Lipinski definition) is 5. The van der Waals surface area contributed by atoms with Crippen LogP contribution in [0.5, 0.6) is 5.75 Å². The van der Waals surface area contributed by atoms with Crippen molar-refractivity contribution in [3.63, 3.8) is 0 Å². The summed E-state index contributed by atoms with van der Waals surface area (Å²) in [6, 6.07) is 23.6. The zero-order valence-corrected chi connectivity index (χ0v) is 19.9. The van der Waals surface area contributed by atoms with Gasteiger partial charge in [0.25, 0.3) is 0 Å². The Kier molecular flexibility index (Phi) is 6.79. The minimum Gasteiger partial charge on any atom is -0.497 e. The molecule has 0 fully saturated rings. The Labute approximate surface area is 198 Å². The topological polar surface area (TPSA) is 69.0 Å². The SMILES string of the molecule is COc1ccc(-n2c(S[C@H](C)C(=O)Nc3c(C)cccc3C)nnc2-c2ccccc2)cc1. The van der Waals surface area contributed by atoms with E-state index in [1.165, 1.54) is 11.8 Å². The van der Waals surface area contributed by atoms with E-state index in [1.54, 1.807) is 7.11 Å². The molecule has 0 saturated heterocycles. The molecule has 1 atom stereocenters. The molecule has 1 heterocycles. The van der Waals surface area contributed by atoms with Crippen LogP contribution < -0.4 is 10.1 Å². The van der Waals surface area contributed by atoms with E-state index < -0.39 is 0 Å². The van der Waals surface area contributed by atoms with Crippen LogP contribution in [0.15, 0.2) is 78.0 Å². The number of carbonyl (C=O) groups is 1. The van der Waals surface area contributed by atoms with Gasteiger partial charge in [0.15, 0.2) is 11.0 Å². The molecule has 0 aliphatic heterocycles. The lowest BCUT2D eigenvalue weighted by molar-refractivity contribution is -0.115. The molecule has 0 unspecified atom stereocenters. The number of aryl methyl sites for hydroxylation is 2. The van der Waals surface area contributed by atoms with Crippen LogP contribution >= 0.6 is 11.8 Å². The van der Waals surface area contributed by atoms with Gasteiger partial charge in [0, 0.05) is 16.9 Å². The third-order valence-corrected chi connectivity index (χ3v) is 6.42. The molecule has 0 aliphatic carbocycles. The minimum absolute atomic E-state index is 0.0806. The molecular formula is C26H26N4O2S. The quantitative estimate of drug-likeness (QED) is 0.361. The van der Waals surface area contributed by atoms with E-state index in [-0.39, 0.29) is 11.2 Å². The first-order valence-corrected chi connectivity index (χ1v) is 11.5. The van der Waals surface area contributed by atoms with Crippen molar-refractivity contribution >= 4 is 23.4 Å². The molecule has 3 aromatic carbocycles. The van der Waals surface area contributed by atoms with E-state index in [9.17, 15) is 4.79 Å². The van der Waals surface area contributed by atoms with Crippen molar-refractivity contribution in [1.29, 1.82) is 0 Å². The average molecular weight is 459 g/mol. The fourth-order valence-corrected chi connectivity index (χ4v) is 4.40. The molecule has 6 nitrogen and oxygen atoms in total. The molecule has 33 heavy (non-hydrogen) atoms. The molecular weight excluding hydrogens is 432 g/mol. The Morgan fingerprint density at radius 1 is 0.939 bits per heavy atom. The van der Waals surface area contributed by atoms with Crippen molar-refractivity contribution in [1.82, 2.24) is 14.8 Å². The number of amides is 1. The maximum atomic E-state index is 13.0. The van der Waals surface area contributed by atoms with Crippen molar-refractivity contribution in [3.8, 4) is 22.8 Å². The lowest BCUT2D eigenvalue weighted by Crippen LogP contribution is -2.23. The first-order chi connectivity index (χ1) is 16.0. The van der Waals surface area contributed by atoms with Crippen molar-refractivity contribution in [2.45, 2.75) is 31.2 Å². The van der Waals surface area contributed by atoms with Crippen LogP contribution in [0.25, 0.3) is 17.1 Å². The van der Waals surface area contributed by atoms with Crippen LogP contribution in [0, 0.1) is 13.8 Å². The van der Waals surface area contributed by atoms with Gasteiger partial charge in [-0.15, -0.1) is 10.2 Å². The van der Waals surface area contributed by atoms with Crippen molar-refractivity contribution in [3.05, 3.63) is 83.9 Å². The smallest absolute Gasteiger partial charge is 0.237 e. The molecule has 0 aliphatic rings. The van der Waals surface area contributed by atoms with Crippen LogP contribution in [0.2, 0.25) is 0 Å². The van der Waals surface area contributed by atoms with Crippen LogP contribution in [0.1, 0.15) is 18.1 Å². The molecule has 7 heteroatoms. The molecule has 0 radical (unpaired) electrons. The highest BCUT2D eigenvalue weighted by Crippen LogP contribution is 2.31. The average Bonchev–Trinajstić information content (AvgIpc) is 3.25. The van der Waals surface area contributed by atoms with Gasteiger partial charge >= 0.3 is 0 Å². The summed E-state index contributed by atoms with van der Waals surface area (Å²) in [5.41, 5.74) is 4.77. The summed E-state index contributed by atoms with van der Waals surface area (Å²) in [6.07, 6.45) is 0. The van der Waals surface area contributed by atoms with E-state index in [0.717, 1.165) is 33.8 Å². The highest BCUT2D eigenvalue weighted by Gasteiger charge is 2.22. The van der Waals surface area contributed by atoms with Gasteiger partial charge in [-0.05, 0) is 56.2 Å². The molecule has 0 spiro atoms. The van der Waals surface area contributed by atoms with Crippen LogP contribution in [0.4, 0.5) is 5.69 Å². The maximum absolute atomic E-state index is 13.0. The molecule has 0 saturated carbocycles. The number of para-hydroxylation sites is 1. The van der Waals surface area contributed by atoms with E-state index in [2.05, 4.69) is 15.5 Å². The number of aromatic nitrogens is 3. The lowest BCUT2D eigenvalue weighted by Gasteiger charge is -2.16. The second-order valence-corrected chi connectivity index (χ2v) is 9.03. The van der Waals surface area contributed by atoms with Gasteiger partial charge in [-0.25, -0.2) is 0 Å². The van der Waals surface area contributed by atoms with Gasteiger partial charge in [0.05, 0.1) is 12.4 Å². The summed E-state index contributed by atoms with van der Waals surface area (Å²) in [5, 5.41) is 12.2. The lowest BCUT2D eigenvalue weighted by atomic mass is 10.1. The number of benzene rings is 3. The fraction of sp³-hybridized carbons (Fsp3) is 0.192. The van der Waals surface area contributed by atoms with Gasteiger partial charge < -0.3 is 10.1 Å². The Bertz CT molecular complexity index is 1230. The van der Waals surface area contributed by atoms with Crippen LogP contribution in [-0.2, 0) is 4.79 Å². The van der Waals surface area contributed by atoms with Crippen LogP contribution in [0.3, 0.4) is 0 Å². The molecule has 4 aromatic rings. The second-order valence-electron chi connectivity index (χ2n) is 7.72. The molecule has 1 N–H and O–H groups in total. The molecule has 0 bridgehead atoms. The van der Waals surface area contributed by atoms with E-state index >= 15 is 0 Å². The number of rotatable bonds is 7. The number of ether oxygens (including phenoxy) is 1. The number of methoxy groups -OCH3 is 1. The van der Waals surface area contributed by atoms with E-state index in [4.69, 9.17) is 4.74 Å². The largest absolute Gasteiger partial charge is 0.497 e. The Balaban J connectivity index is 1.65.